The molecule has 92 valence electrons. The van der Waals surface area contributed by atoms with Gasteiger partial charge in [0, 0.05) is 18.1 Å². The number of carbonyl (C=O) groups excluding carboxylic acids is 2. The zero-order valence-electron chi connectivity index (χ0n) is 9.57. The molecule has 1 aromatic rings. The minimum absolute atomic E-state index is 0.172. The van der Waals surface area contributed by atoms with Crippen LogP contribution in [0, 0.1) is 0 Å². The van der Waals surface area contributed by atoms with Crippen molar-refractivity contribution in [1.82, 2.24) is 10.2 Å². The molecule has 5 heteroatoms. The van der Waals surface area contributed by atoms with Gasteiger partial charge in [0.2, 0.25) is 0 Å². The molecule has 1 aromatic carbocycles. The number of hydrogen-bond donors (Lipinski definition) is 1. The van der Waals surface area contributed by atoms with Gasteiger partial charge in [-0.25, -0.2) is 0 Å². The van der Waals surface area contributed by atoms with E-state index in [1.54, 1.807) is 24.3 Å². The van der Waals surface area contributed by atoms with Gasteiger partial charge in [-0.15, -0.1) is 0 Å². The molecule has 3 rings (SSSR count). The van der Waals surface area contributed by atoms with Crippen LogP contribution in [-0.2, 0) is 0 Å². The summed E-state index contributed by atoms with van der Waals surface area (Å²) >= 11 is 6.13. The molecule has 4 nitrogen and oxygen atoms in total. The zero-order valence-corrected chi connectivity index (χ0v) is 10.3. The fourth-order valence-electron chi connectivity index (χ4n) is 2.08. The highest BCUT2D eigenvalue weighted by Gasteiger charge is 2.35. The fourth-order valence-corrected chi connectivity index (χ4v) is 2.33. The van der Waals surface area contributed by atoms with Crippen molar-refractivity contribution in [1.29, 1.82) is 0 Å². The Labute approximate surface area is 109 Å². The van der Waals surface area contributed by atoms with Gasteiger partial charge in [0.05, 0.1) is 17.7 Å². The van der Waals surface area contributed by atoms with Crippen molar-refractivity contribution in [2.24, 2.45) is 0 Å². The Hall–Kier alpha value is -1.65. The maximum atomic E-state index is 12.1. The minimum Gasteiger partial charge on any atom is -0.309 e. The Balaban J connectivity index is 1.88. The molecule has 2 aliphatic rings. The summed E-state index contributed by atoms with van der Waals surface area (Å²) in [6, 6.07) is 6.84. The highest BCUT2D eigenvalue weighted by molar-refractivity contribution is 6.31. The van der Waals surface area contributed by atoms with E-state index in [9.17, 15) is 9.59 Å². The molecule has 0 spiro atoms. The molecule has 0 aromatic heterocycles. The average molecular weight is 263 g/mol. The summed E-state index contributed by atoms with van der Waals surface area (Å²) in [7, 11) is 0. The van der Waals surface area contributed by atoms with E-state index in [2.05, 4.69) is 5.32 Å². The number of rotatable bonds is 2. The summed E-state index contributed by atoms with van der Waals surface area (Å²) in [6.45, 7) is 1.65. The first-order valence-corrected chi connectivity index (χ1v) is 6.08. The lowest BCUT2D eigenvalue weighted by Gasteiger charge is -2.22. The molecule has 0 saturated carbocycles. The maximum Gasteiger partial charge on any atom is 0.261 e. The third-order valence-corrected chi connectivity index (χ3v) is 3.62. The molecule has 0 unspecified atom stereocenters. The number of imide groups is 1. The van der Waals surface area contributed by atoms with Crippen molar-refractivity contribution in [3.63, 3.8) is 0 Å². The lowest BCUT2D eigenvalue weighted by molar-refractivity contribution is 0.0670. The van der Waals surface area contributed by atoms with Gasteiger partial charge in [0.15, 0.2) is 0 Å². The number of halogens is 1. The molecule has 1 fully saturated rings. The van der Waals surface area contributed by atoms with Gasteiger partial charge >= 0.3 is 0 Å². The van der Waals surface area contributed by atoms with Crippen molar-refractivity contribution < 1.29 is 9.59 Å². The summed E-state index contributed by atoms with van der Waals surface area (Å²) in [4.78, 5) is 25.4. The Morgan fingerprint density at radius 3 is 2.17 bits per heavy atom. The van der Waals surface area contributed by atoms with Crippen LogP contribution in [0.25, 0.3) is 0 Å². The van der Waals surface area contributed by atoms with Crippen LogP contribution >= 0.6 is 11.6 Å². The molecule has 2 amide bonds. The fraction of sp³-hybridized carbons (Fsp3) is 0.231. The molecule has 0 aliphatic carbocycles. The van der Waals surface area contributed by atoms with Gasteiger partial charge in [-0.05, 0) is 17.7 Å². The zero-order chi connectivity index (χ0) is 12.7. The smallest absolute Gasteiger partial charge is 0.261 e. The molecule has 1 N–H and O–H groups in total. The van der Waals surface area contributed by atoms with Gasteiger partial charge in [-0.3, -0.25) is 14.5 Å². The molecule has 2 aliphatic heterocycles. The van der Waals surface area contributed by atoms with Crippen LogP contribution in [0.1, 0.15) is 20.7 Å². The van der Waals surface area contributed by atoms with E-state index in [4.69, 9.17) is 11.6 Å². The number of carbonyl (C=O) groups is 2. The summed E-state index contributed by atoms with van der Waals surface area (Å²) in [5, 5.41) is 3.66. The number of hydrogen-bond acceptors (Lipinski definition) is 3. The van der Waals surface area contributed by atoms with Crippen LogP contribution in [0.3, 0.4) is 0 Å². The largest absolute Gasteiger partial charge is 0.309 e. The standard InChI is InChI=1S/C13H11ClN2O2/c14-11(8-5-15-6-8)7-16-12(17)9-3-1-2-4-10(9)13(16)18/h1-4,15H,5-7H2. The van der Waals surface area contributed by atoms with Crippen LogP contribution < -0.4 is 5.32 Å². The first kappa shape index (κ1) is 11.4. The minimum atomic E-state index is -0.262. The van der Waals surface area contributed by atoms with Crippen LogP contribution in [0.4, 0.5) is 0 Å². The molecule has 2 heterocycles. The number of benzene rings is 1. The van der Waals surface area contributed by atoms with Crippen molar-refractivity contribution in [3.8, 4) is 0 Å². The van der Waals surface area contributed by atoms with Gasteiger partial charge in [0.1, 0.15) is 0 Å². The second-order valence-corrected chi connectivity index (χ2v) is 4.81. The molecule has 0 bridgehead atoms. The lowest BCUT2D eigenvalue weighted by atomic mass is 10.1. The molecule has 1 saturated heterocycles. The molecular formula is C13H11ClN2O2. The van der Waals surface area contributed by atoms with E-state index in [1.807, 2.05) is 0 Å². The summed E-state index contributed by atoms with van der Waals surface area (Å²) in [5.74, 6) is -0.525. The van der Waals surface area contributed by atoms with Crippen LogP contribution in [0.15, 0.2) is 34.9 Å². The Morgan fingerprint density at radius 2 is 1.72 bits per heavy atom. The second kappa shape index (κ2) is 4.23. The summed E-state index contributed by atoms with van der Waals surface area (Å²) in [6.07, 6.45) is 0. The number of fused-ring (bicyclic) bond motifs is 1. The lowest BCUT2D eigenvalue weighted by Crippen LogP contribution is -2.37. The molecule has 0 atom stereocenters. The molecule has 18 heavy (non-hydrogen) atoms. The van der Waals surface area contributed by atoms with E-state index in [0.717, 1.165) is 18.7 Å². The monoisotopic (exact) mass is 262 g/mol. The molecule has 0 radical (unpaired) electrons. The quantitative estimate of drug-likeness (QED) is 0.820. The predicted molar refractivity (Wildman–Crippen MR) is 67.6 cm³/mol. The van der Waals surface area contributed by atoms with E-state index in [0.29, 0.717) is 16.2 Å². The van der Waals surface area contributed by atoms with Crippen molar-refractivity contribution in [2.75, 3.05) is 19.6 Å². The highest BCUT2D eigenvalue weighted by atomic mass is 35.5. The second-order valence-electron chi connectivity index (χ2n) is 4.35. The first-order chi connectivity index (χ1) is 8.68. The Bertz CT molecular complexity index is 539. The van der Waals surface area contributed by atoms with E-state index < -0.39 is 0 Å². The number of nitrogens with zero attached hydrogens (tertiary/aromatic N) is 1. The van der Waals surface area contributed by atoms with E-state index >= 15 is 0 Å². The van der Waals surface area contributed by atoms with Crippen LogP contribution in [0.5, 0.6) is 0 Å². The van der Waals surface area contributed by atoms with Gasteiger partial charge in [-0.2, -0.15) is 0 Å². The normalized spacial score (nSPS) is 17.8. The van der Waals surface area contributed by atoms with Crippen molar-refractivity contribution in [3.05, 3.63) is 46.0 Å². The Kier molecular flexibility index (Phi) is 2.69. The van der Waals surface area contributed by atoms with E-state index in [-0.39, 0.29) is 18.4 Å². The van der Waals surface area contributed by atoms with Gasteiger partial charge < -0.3 is 5.32 Å². The predicted octanol–water partition coefficient (Wildman–Crippen LogP) is 1.38. The van der Waals surface area contributed by atoms with Crippen molar-refractivity contribution >= 4 is 23.4 Å². The number of amides is 2. The third-order valence-electron chi connectivity index (χ3n) is 3.24. The summed E-state index contributed by atoms with van der Waals surface area (Å²) in [5.41, 5.74) is 1.99. The van der Waals surface area contributed by atoms with Gasteiger partial charge in [-0.1, -0.05) is 23.7 Å². The van der Waals surface area contributed by atoms with E-state index in [1.165, 1.54) is 4.90 Å². The topological polar surface area (TPSA) is 49.4 Å². The average Bonchev–Trinajstić information content (AvgIpc) is 2.53. The van der Waals surface area contributed by atoms with Crippen LogP contribution in [-0.4, -0.2) is 36.3 Å². The van der Waals surface area contributed by atoms with Crippen LogP contribution in [0.2, 0.25) is 0 Å². The molecular weight excluding hydrogens is 252 g/mol. The maximum absolute atomic E-state index is 12.1. The summed E-state index contributed by atoms with van der Waals surface area (Å²) < 4.78 is 0. The Morgan fingerprint density at radius 1 is 1.17 bits per heavy atom. The first-order valence-electron chi connectivity index (χ1n) is 5.71. The van der Waals surface area contributed by atoms with Crippen molar-refractivity contribution in [2.45, 2.75) is 0 Å². The third kappa shape index (κ3) is 1.65. The van der Waals surface area contributed by atoms with Gasteiger partial charge in [0.25, 0.3) is 11.8 Å². The number of nitrogens with one attached hydrogen (secondary N) is 1. The highest BCUT2D eigenvalue weighted by Crippen LogP contribution is 2.25. The SMILES string of the molecule is O=C1c2ccccc2C(=O)N1CC(Cl)=C1CNC1.